The number of hydrogen-bond acceptors (Lipinski definition) is 6. The van der Waals surface area contributed by atoms with E-state index in [1.165, 1.54) is 11.3 Å². The molecule has 0 unspecified atom stereocenters. The van der Waals surface area contributed by atoms with E-state index < -0.39 is 0 Å². The molecule has 1 aromatic heterocycles. The van der Waals surface area contributed by atoms with E-state index in [2.05, 4.69) is 56.3 Å². The lowest BCUT2D eigenvalue weighted by atomic mass is 10.2. The zero-order valence-corrected chi connectivity index (χ0v) is 16.3. The largest absolute Gasteiger partial charge is 0.497 e. The molecule has 1 saturated heterocycles. The van der Waals surface area contributed by atoms with Crippen LogP contribution in [0.4, 0.5) is 23.0 Å². The van der Waals surface area contributed by atoms with Crippen molar-refractivity contribution in [2.45, 2.75) is 6.92 Å². The number of anilines is 4. The first-order valence-corrected chi connectivity index (χ1v) is 9.51. The van der Waals surface area contributed by atoms with Crippen molar-refractivity contribution >= 4 is 23.0 Å². The summed E-state index contributed by atoms with van der Waals surface area (Å²) >= 11 is 0. The molecule has 3 aromatic rings. The van der Waals surface area contributed by atoms with E-state index in [9.17, 15) is 0 Å². The fourth-order valence-corrected chi connectivity index (χ4v) is 3.45. The number of aryl methyl sites for hydroxylation is 1. The lowest BCUT2D eigenvalue weighted by Gasteiger charge is -2.36. The number of aromatic nitrogens is 2. The summed E-state index contributed by atoms with van der Waals surface area (Å²) in [4.78, 5) is 13.5. The third-order valence-corrected chi connectivity index (χ3v) is 4.98. The maximum absolute atomic E-state index is 5.24. The van der Waals surface area contributed by atoms with Gasteiger partial charge in [0.05, 0.1) is 7.11 Å². The van der Waals surface area contributed by atoms with Gasteiger partial charge in [-0.2, -0.15) is 0 Å². The van der Waals surface area contributed by atoms with Crippen molar-refractivity contribution < 1.29 is 4.74 Å². The summed E-state index contributed by atoms with van der Waals surface area (Å²) < 4.78 is 5.24. The highest BCUT2D eigenvalue weighted by Gasteiger charge is 2.19. The molecule has 144 valence electrons. The van der Waals surface area contributed by atoms with Crippen LogP contribution >= 0.6 is 0 Å². The summed E-state index contributed by atoms with van der Waals surface area (Å²) in [5.41, 5.74) is 3.48. The Hall–Kier alpha value is -3.28. The Morgan fingerprint density at radius 1 is 0.893 bits per heavy atom. The Morgan fingerprint density at radius 3 is 2.36 bits per heavy atom. The molecule has 6 nitrogen and oxygen atoms in total. The van der Waals surface area contributed by atoms with Crippen LogP contribution in [0.2, 0.25) is 0 Å². The second-order valence-electron chi connectivity index (χ2n) is 6.93. The Morgan fingerprint density at radius 2 is 1.64 bits per heavy atom. The first-order valence-electron chi connectivity index (χ1n) is 9.51. The molecule has 0 spiro atoms. The minimum atomic E-state index is 0.813. The molecule has 2 aromatic carbocycles. The smallest absolute Gasteiger partial charge is 0.135 e. The third-order valence-electron chi connectivity index (χ3n) is 4.98. The summed E-state index contributed by atoms with van der Waals surface area (Å²) in [7, 11) is 1.69. The highest BCUT2D eigenvalue weighted by Crippen LogP contribution is 2.23. The van der Waals surface area contributed by atoms with E-state index >= 15 is 0 Å². The molecule has 1 aliphatic heterocycles. The van der Waals surface area contributed by atoms with Crippen LogP contribution in [0.15, 0.2) is 60.9 Å². The van der Waals surface area contributed by atoms with Crippen molar-refractivity contribution in [2.24, 2.45) is 0 Å². The molecule has 1 aliphatic rings. The van der Waals surface area contributed by atoms with Crippen LogP contribution < -0.4 is 19.9 Å². The summed E-state index contributed by atoms with van der Waals surface area (Å²) in [6.45, 7) is 5.84. The molecule has 4 rings (SSSR count). The zero-order chi connectivity index (χ0) is 19.3. The molecule has 1 N–H and O–H groups in total. The number of hydrogen-bond donors (Lipinski definition) is 1. The lowest BCUT2D eigenvalue weighted by Crippen LogP contribution is -2.46. The van der Waals surface area contributed by atoms with E-state index in [1.807, 2.05) is 30.3 Å². The second kappa shape index (κ2) is 8.17. The normalized spacial score (nSPS) is 14.1. The molecule has 0 amide bonds. The minimum Gasteiger partial charge on any atom is -0.497 e. The topological polar surface area (TPSA) is 53.5 Å². The zero-order valence-electron chi connectivity index (χ0n) is 16.3. The van der Waals surface area contributed by atoms with Crippen LogP contribution in [0.1, 0.15) is 5.56 Å². The number of methoxy groups -OCH3 is 1. The Balaban J connectivity index is 1.40. The quantitative estimate of drug-likeness (QED) is 0.731. The first kappa shape index (κ1) is 18.1. The van der Waals surface area contributed by atoms with Gasteiger partial charge in [-0.25, -0.2) is 9.97 Å². The van der Waals surface area contributed by atoms with Crippen LogP contribution in [0.25, 0.3) is 0 Å². The molecular weight excluding hydrogens is 350 g/mol. The van der Waals surface area contributed by atoms with Crippen LogP contribution in [-0.2, 0) is 0 Å². The molecule has 0 atom stereocenters. The monoisotopic (exact) mass is 375 g/mol. The lowest BCUT2D eigenvalue weighted by molar-refractivity contribution is 0.415. The number of rotatable bonds is 5. The molecule has 0 bridgehead atoms. The van der Waals surface area contributed by atoms with Gasteiger partial charge < -0.3 is 19.9 Å². The summed E-state index contributed by atoms with van der Waals surface area (Å²) in [5.74, 6) is 2.66. The van der Waals surface area contributed by atoms with Crippen LogP contribution in [0, 0.1) is 6.92 Å². The number of piperazine rings is 1. The first-order chi connectivity index (χ1) is 13.7. The fourth-order valence-electron chi connectivity index (χ4n) is 3.45. The van der Waals surface area contributed by atoms with Crippen LogP contribution in [0.3, 0.4) is 0 Å². The van der Waals surface area contributed by atoms with E-state index in [-0.39, 0.29) is 0 Å². The van der Waals surface area contributed by atoms with Gasteiger partial charge >= 0.3 is 0 Å². The van der Waals surface area contributed by atoms with Crippen LogP contribution in [-0.4, -0.2) is 43.3 Å². The van der Waals surface area contributed by atoms with Crippen molar-refractivity contribution in [3.05, 3.63) is 66.5 Å². The average molecular weight is 375 g/mol. The van der Waals surface area contributed by atoms with E-state index in [4.69, 9.17) is 4.74 Å². The molecule has 0 radical (unpaired) electrons. The summed E-state index contributed by atoms with van der Waals surface area (Å²) in [5, 5.41) is 3.37. The Kier molecular flexibility index (Phi) is 5.28. The molecule has 0 aliphatic carbocycles. The average Bonchev–Trinajstić information content (AvgIpc) is 2.74. The van der Waals surface area contributed by atoms with Gasteiger partial charge in [-0.1, -0.05) is 12.1 Å². The second-order valence-corrected chi connectivity index (χ2v) is 6.93. The van der Waals surface area contributed by atoms with Crippen molar-refractivity contribution in [3.8, 4) is 5.75 Å². The minimum absolute atomic E-state index is 0.813. The Labute approximate surface area is 165 Å². The van der Waals surface area contributed by atoms with Gasteiger partial charge in [0.25, 0.3) is 0 Å². The van der Waals surface area contributed by atoms with E-state index in [0.717, 1.165) is 49.3 Å². The highest BCUT2D eigenvalue weighted by atomic mass is 16.5. The SMILES string of the molecule is COc1ccc(N2CCN(c3cc(Nc4cccc(C)c4)ncn3)CC2)cc1. The summed E-state index contributed by atoms with van der Waals surface area (Å²) in [6.07, 6.45) is 1.63. The predicted octanol–water partition coefficient (Wildman–Crippen LogP) is 3.86. The Bertz CT molecular complexity index is 920. The van der Waals surface area contributed by atoms with E-state index in [0.29, 0.717) is 0 Å². The van der Waals surface area contributed by atoms with Crippen molar-refractivity contribution in [2.75, 3.05) is 48.4 Å². The van der Waals surface area contributed by atoms with Crippen LogP contribution in [0.5, 0.6) is 5.75 Å². The van der Waals surface area contributed by atoms with Gasteiger partial charge in [-0.3, -0.25) is 0 Å². The number of benzene rings is 2. The van der Waals surface area contributed by atoms with Gasteiger partial charge in [0.1, 0.15) is 23.7 Å². The fraction of sp³-hybridized carbons (Fsp3) is 0.273. The standard InChI is InChI=1S/C22H25N5O/c1-17-4-3-5-18(14-17)25-21-15-22(24-16-23-21)27-12-10-26(11-13-27)19-6-8-20(28-2)9-7-19/h3-9,14-16H,10-13H2,1-2H3,(H,23,24,25). The van der Waals surface area contributed by atoms with Crippen molar-refractivity contribution in [3.63, 3.8) is 0 Å². The van der Waals surface area contributed by atoms with Crippen molar-refractivity contribution in [1.29, 1.82) is 0 Å². The third kappa shape index (κ3) is 4.17. The van der Waals surface area contributed by atoms with Gasteiger partial charge in [-0.15, -0.1) is 0 Å². The van der Waals surface area contributed by atoms with Gasteiger partial charge in [0.15, 0.2) is 0 Å². The summed E-state index contributed by atoms with van der Waals surface area (Å²) in [6, 6.07) is 18.5. The van der Waals surface area contributed by atoms with Gasteiger partial charge in [0.2, 0.25) is 0 Å². The number of nitrogens with one attached hydrogen (secondary N) is 1. The molecular formula is C22H25N5O. The molecule has 0 saturated carbocycles. The highest BCUT2D eigenvalue weighted by molar-refractivity contribution is 5.60. The maximum Gasteiger partial charge on any atom is 0.135 e. The van der Waals surface area contributed by atoms with Gasteiger partial charge in [0, 0.05) is 43.6 Å². The maximum atomic E-state index is 5.24. The van der Waals surface area contributed by atoms with E-state index in [1.54, 1.807) is 13.4 Å². The molecule has 2 heterocycles. The van der Waals surface area contributed by atoms with Crippen molar-refractivity contribution in [1.82, 2.24) is 9.97 Å². The van der Waals surface area contributed by atoms with Gasteiger partial charge in [-0.05, 0) is 48.9 Å². The predicted molar refractivity (Wildman–Crippen MR) is 114 cm³/mol. The molecule has 1 fully saturated rings. The number of nitrogens with zero attached hydrogens (tertiary/aromatic N) is 4. The molecule has 28 heavy (non-hydrogen) atoms. The number of ether oxygens (including phenoxy) is 1. The molecule has 6 heteroatoms.